The summed E-state index contributed by atoms with van der Waals surface area (Å²) in [7, 11) is 0. The molecule has 1 unspecified atom stereocenters. The summed E-state index contributed by atoms with van der Waals surface area (Å²) in [5.74, 6) is 0.956. The van der Waals surface area contributed by atoms with E-state index in [0.29, 0.717) is 5.41 Å². The maximum absolute atomic E-state index is 3.90. The van der Waals surface area contributed by atoms with Crippen LogP contribution in [0.2, 0.25) is 0 Å². The highest BCUT2D eigenvalue weighted by atomic mass is 15.0. The van der Waals surface area contributed by atoms with Crippen molar-refractivity contribution in [1.82, 2.24) is 5.32 Å². The second kappa shape index (κ2) is 5.08. The van der Waals surface area contributed by atoms with Gasteiger partial charge in [0.2, 0.25) is 0 Å². The van der Waals surface area contributed by atoms with Crippen LogP contribution in [-0.4, -0.2) is 12.1 Å². The van der Waals surface area contributed by atoms with E-state index >= 15 is 0 Å². The van der Waals surface area contributed by atoms with Crippen LogP contribution < -0.4 is 5.32 Å². The zero-order valence-electron chi connectivity index (χ0n) is 11.4. The summed E-state index contributed by atoms with van der Waals surface area (Å²) < 4.78 is 0. The van der Waals surface area contributed by atoms with Gasteiger partial charge in [0.1, 0.15) is 0 Å². The lowest BCUT2D eigenvalue weighted by molar-refractivity contribution is 0.258. The van der Waals surface area contributed by atoms with Gasteiger partial charge in [0.25, 0.3) is 0 Å². The van der Waals surface area contributed by atoms with E-state index in [1.807, 2.05) is 0 Å². The zero-order valence-corrected chi connectivity index (χ0v) is 11.4. The molecular formula is C15H29N. The van der Waals surface area contributed by atoms with E-state index in [-0.39, 0.29) is 0 Å². The molecule has 1 heteroatoms. The van der Waals surface area contributed by atoms with E-state index < -0.39 is 0 Å². The van der Waals surface area contributed by atoms with E-state index in [1.54, 1.807) is 0 Å². The molecule has 0 amide bonds. The lowest BCUT2D eigenvalue weighted by Crippen LogP contribution is -2.40. The number of rotatable bonds is 3. The van der Waals surface area contributed by atoms with E-state index in [2.05, 4.69) is 26.1 Å². The zero-order chi connectivity index (χ0) is 11.6. The van der Waals surface area contributed by atoms with Crippen molar-refractivity contribution in [2.45, 2.75) is 84.2 Å². The Bertz CT molecular complexity index is 215. The third-order valence-electron chi connectivity index (χ3n) is 4.82. The first kappa shape index (κ1) is 12.4. The minimum atomic E-state index is 0.587. The molecule has 0 aromatic rings. The topological polar surface area (TPSA) is 12.0 Å². The van der Waals surface area contributed by atoms with Crippen LogP contribution in [0.3, 0.4) is 0 Å². The molecule has 0 saturated heterocycles. The molecule has 2 fully saturated rings. The fourth-order valence-electron chi connectivity index (χ4n) is 3.72. The Morgan fingerprint density at radius 3 is 2.31 bits per heavy atom. The lowest BCUT2D eigenvalue weighted by atomic mass is 9.84. The predicted octanol–water partition coefficient (Wildman–Crippen LogP) is 4.12. The summed E-state index contributed by atoms with van der Waals surface area (Å²) in [5.41, 5.74) is 0.587. The van der Waals surface area contributed by atoms with Gasteiger partial charge < -0.3 is 5.32 Å². The second-order valence-corrected chi connectivity index (χ2v) is 6.96. The molecule has 0 heterocycles. The van der Waals surface area contributed by atoms with Crippen LogP contribution in [0, 0.1) is 11.3 Å². The molecule has 2 rings (SSSR count). The van der Waals surface area contributed by atoms with Crippen LogP contribution in [0.1, 0.15) is 72.1 Å². The minimum absolute atomic E-state index is 0.587. The molecule has 2 aliphatic rings. The highest BCUT2D eigenvalue weighted by Crippen LogP contribution is 2.37. The minimum Gasteiger partial charge on any atom is -0.311 e. The number of hydrogen-bond acceptors (Lipinski definition) is 1. The molecule has 0 aromatic heterocycles. The van der Waals surface area contributed by atoms with Gasteiger partial charge in [-0.25, -0.2) is 0 Å². The molecule has 2 aliphatic carbocycles. The van der Waals surface area contributed by atoms with Crippen molar-refractivity contribution in [3.8, 4) is 0 Å². The normalized spacial score (nSPS) is 32.8. The van der Waals surface area contributed by atoms with Gasteiger partial charge in [0.05, 0.1) is 0 Å². The van der Waals surface area contributed by atoms with Gasteiger partial charge in [-0.3, -0.25) is 0 Å². The molecule has 1 nitrogen and oxygen atoms in total. The van der Waals surface area contributed by atoms with Crippen molar-refractivity contribution >= 4 is 0 Å². The molecule has 2 saturated carbocycles. The van der Waals surface area contributed by atoms with Crippen molar-refractivity contribution in [2.75, 3.05) is 0 Å². The summed E-state index contributed by atoms with van der Waals surface area (Å²) in [6.45, 7) is 7.25. The molecule has 0 aromatic carbocycles. The van der Waals surface area contributed by atoms with Crippen LogP contribution in [0.4, 0.5) is 0 Å². The number of hydrogen-bond donors (Lipinski definition) is 1. The Morgan fingerprint density at radius 1 is 1.06 bits per heavy atom. The van der Waals surface area contributed by atoms with Crippen LogP contribution in [0.25, 0.3) is 0 Å². The van der Waals surface area contributed by atoms with Gasteiger partial charge in [-0.15, -0.1) is 0 Å². The number of nitrogens with one attached hydrogen (secondary N) is 1. The molecular weight excluding hydrogens is 194 g/mol. The summed E-state index contributed by atoms with van der Waals surface area (Å²) in [6.07, 6.45) is 11.5. The molecule has 16 heavy (non-hydrogen) atoms. The summed E-state index contributed by atoms with van der Waals surface area (Å²) in [4.78, 5) is 0. The molecule has 0 bridgehead atoms. The summed E-state index contributed by atoms with van der Waals surface area (Å²) >= 11 is 0. The maximum atomic E-state index is 3.90. The highest BCUT2D eigenvalue weighted by Gasteiger charge is 2.32. The van der Waals surface area contributed by atoms with E-state index in [0.717, 1.165) is 18.0 Å². The molecule has 0 radical (unpaired) electrons. The van der Waals surface area contributed by atoms with Crippen molar-refractivity contribution in [1.29, 1.82) is 0 Å². The van der Waals surface area contributed by atoms with Gasteiger partial charge >= 0.3 is 0 Å². The highest BCUT2D eigenvalue weighted by molar-refractivity contribution is 4.89. The average Bonchev–Trinajstić information content (AvgIpc) is 2.59. The Balaban J connectivity index is 1.76. The van der Waals surface area contributed by atoms with Crippen molar-refractivity contribution in [3.63, 3.8) is 0 Å². The Labute approximate surface area is 101 Å². The van der Waals surface area contributed by atoms with Gasteiger partial charge in [-0.1, -0.05) is 33.1 Å². The molecule has 1 N–H and O–H groups in total. The van der Waals surface area contributed by atoms with Crippen molar-refractivity contribution < 1.29 is 0 Å². The summed E-state index contributed by atoms with van der Waals surface area (Å²) in [5, 5.41) is 3.90. The van der Waals surface area contributed by atoms with E-state index in [4.69, 9.17) is 0 Å². The first-order chi connectivity index (χ1) is 7.57. The quantitative estimate of drug-likeness (QED) is 0.759. The van der Waals surface area contributed by atoms with E-state index in [9.17, 15) is 0 Å². The largest absolute Gasteiger partial charge is 0.311 e. The van der Waals surface area contributed by atoms with Crippen LogP contribution >= 0.6 is 0 Å². The van der Waals surface area contributed by atoms with Gasteiger partial charge in [0.15, 0.2) is 0 Å². The van der Waals surface area contributed by atoms with Gasteiger partial charge in [-0.05, 0) is 50.4 Å². The van der Waals surface area contributed by atoms with Crippen molar-refractivity contribution in [3.05, 3.63) is 0 Å². The summed E-state index contributed by atoms with van der Waals surface area (Å²) in [6, 6.07) is 1.55. The Kier molecular flexibility index (Phi) is 3.94. The van der Waals surface area contributed by atoms with Gasteiger partial charge in [-0.2, -0.15) is 0 Å². The van der Waals surface area contributed by atoms with Gasteiger partial charge in [0, 0.05) is 12.1 Å². The fourth-order valence-corrected chi connectivity index (χ4v) is 3.72. The monoisotopic (exact) mass is 223 g/mol. The smallest absolute Gasteiger partial charge is 0.00749 e. The molecule has 2 atom stereocenters. The average molecular weight is 223 g/mol. The van der Waals surface area contributed by atoms with Crippen LogP contribution in [0.15, 0.2) is 0 Å². The maximum Gasteiger partial charge on any atom is 0.00749 e. The van der Waals surface area contributed by atoms with Crippen LogP contribution in [-0.2, 0) is 0 Å². The molecule has 0 aliphatic heterocycles. The predicted molar refractivity (Wildman–Crippen MR) is 70.6 cm³/mol. The Hall–Kier alpha value is -0.0400. The molecule has 94 valence electrons. The SMILES string of the molecule is C[C@@H](NC1CCC(C)(C)C1)C1CCCCC1. The lowest BCUT2D eigenvalue weighted by Gasteiger charge is -2.31. The third kappa shape index (κ3) is 3.23. The van der Waals surface area contributed by atoms with Crippen LogP contribution in [0.5, 0.6) is 0 Å². The van der Waals surface area contributed by atoms with Crippen molar-refractivity contribution in [2.24, 2.45) is 11.3 Å². The fraction of sp³-hybridized carbons (Fsp3) is 1.00. The standard InChI is InChI=1S/C15H29N/c1-12(13-7-5-4-6-8-13)16-14-9-10-15(2,3)11-14/h12-14,16H,4-11H2,1-3H3/t12-,14?/m1/s1. The Morgan fingerprint density at radius 2 is 1.75 bits per heavy atom. The van der Waals surface area contributed by atoms with E-state index in [1.165, 1.54) is 51.4 Å². The first-order valence-electron chi connectivity index (χ1n) is 7.33. The second-order valence-electron chi connectivity index (χ2n) is 6.96. The molecule has 0 spiro atoms. The third-order valence-corrected chi connectivity index (χ3v) is 4.82. The first-order valence-corrected chi connectivity index (χ1v) is 7.33.